The molecule has 0 heterocycles. The minimum atomic E-state index is -1.33. The van der Waals surface area contributed by atoms with Gasteiger partial charge in [0, 0.05) is 12.8 Å². The predicted octanol–water partition coefficient (Wildman–Crippen LogP) is -2.74. The molecule has 0 bridgehead atoms. The zero-order chi connectivity index (χ0) is 25.8. The highest BCUT2D eigenvalue weighted by Gasteiger charge is 2.30. The third-order valence-electron chi connectivity index (χ3n) is 4.72. The molecule has 1 aromatic rings. The lowest BCUT2D eigenvalue weighted by Gasteiger charge is -2.24. The molecule has 34 heavy (non-hydrogen) atoms. The van der Waals surface area contributed by atoms with Crippen molar-refractivity contribution in [1.82, 2.24) is 16.0 Å². The zero-order valence-corrected chi connectivity index (χ0v) is 18.7. The second kappa shape index (κ2) is 13.5. The first-order valence-electron chi connectivity index (χ1n) is 10.4. The van der Waals surface area contributed by atoms with Crippen LogP contribution >= 0.6 is 0 Å². The molecule has 4 atom stereocenters. The number of carboxylic acid groups (broad SMARTS) is 1. The summed E-state index contributed by atoms with van der Waals surface area (Å²) in [6.07, 6.45) is -0.930. The maximum absolute atomic E-state index is 13.0. The molecule has 4 unspecified atom stereocenters. The number of benzene rings is 1. The minimum absolute atomic E-state index is 0.0163. The number of hydrogen-bond donors (Lipinski definition) is 7. The fourth-order valence-corrected chi connectivity index (χ4v) is 2.85. The van der Waals surface area contributed by atoms with Crippen LogP contribution in [0, 0.1) is 0 Å². The number of carbonyl (C=O) groups excluding carboxylic acids is 5. The van der Waals surface area contributed by atoms with Crippen molar-refractivity contribution in [3.8, 4) is 0 Å². The van der Waals surface area contributed by atoms with Crippen LogP contribution in [0.3, 0.4) is 0 Å². The van der Waals surface area contributed by atoms with Crippen molar-refractivity contribution >= 4 is 35.5 Å². The third-order valence-corrected chi connectivity index (χ3v) is 4.72. The maximum Gasteiger partial charge on any atom is 0.325 e. The van der Waals surface area contributed by atoms with Crippen LogP contribution in [0.15, 0.2) is 30.3 Å². The summed E-state index contributed by atoms with van der Waals surface area (Å²) < 4.78 is 0. The molecule has 0 saturated carbocycles. The highest BCUT2D eigenvalue weighted by molar-refractivity contribution is 5.95. The quantitative estimate of drug-likeness (QED) is 0.148. The van der Waals surface area contributed by atoms with Gasteiger partial charge in [0.05, 0.1) is 12.5 Å². The number of nitrogens with two attached hydrogens (primary N) is 3. The molecule has 5 amide bonds. The van der Waals surface area contributed by atoms with E-state index in [1.165, 1.54) is 6.92 Å². The largest absolute Gasteiger partial charge is 0.480 e. The first-order valence-corrected chi connectivity index (χ1v) is 10.4. The van der Waals surface area contributed by atoms with E-state index in [1.54, 1.807) is 30.3 Å². The zero-order valence-electron chi connectivity index (χ0n) is 18.7. The molecule has 0 aromatic heterocycles. The Kier molecular flexibility index (Phi) is 11.2. The van der Waals surface area contributed by atoms with Gasteiger partial charge in [-0.05, 0) is 18.9 Å². The summed E-state index contributed by atoms with van der Waals surface area (Å²) in [6.45, 7) is 1.26. The van der Waals surface area contributed by atoms with Gasteiger partial charge in [0.1, 0.15) is 18.1 Å². The van der Waals surface area contributed by atoms with Crippen molar-refractivity contribution < 1.29 is 33.9 Å². The molecule has 186 valence electrons. The summed E-state index contributed by atoms with van der Waals surface area (Å²) in [6, 6.07) is 3.55. The number of hydrogen-bond acceptors (Lipinski definition) is 7. The lowest BCUT2D eigenvalue weighted by Crippen LogP contribution is -2.57. The molecule has 13 nitrogen and oxygen atoms in total. The monoisotopic (exact) mass is 478 g/mol. The Morgan fingerprint density at radius 2 is 1.41 bits per heavy atom. The van der Waals surface area contributed by atoms with Crippen molar-refractivity contribution in [2.75, 3.05) is 0 Å². The number of nitrogens with one attached hydrogen (secondary N) is 3. The van der Waals surface area contributed by atoms with Gasteiger partial charge in [0.25, 0.3) is 0 Å². The van der Waals surface area contributed by atoms with Crippen molar-refractivity contribution in [3.63, 3.8) is 0 Å². The first-order chi connectivity index (χ1) is 15.9. The predicted molar refractivity (Wildman–Crippen MR) is 119 cm³/mol. The Labute approximate surface area is 195 Å². The van der Waals surface area contributed by atoms with E-state index in [1.807, 2.05) is 0 Å². The van der Waals surface area contributed by atoms with Crippen molar-refractivity contribution in [2.24, 2.45) is 17.2 Å². The maximum atomic E-state index is 13.0. The van der Waals surface area contributed by atoms with Crippen LogP contribution < -0.4 is 33.2 Å². The van der Waals surface area contributed by atoms with Gasteiger partial charge in [-0.3, -0.25) is 28.8 Å². The minimum Gasteiger partial charge on any atom is -0.480 e. The van der Waals surface area contributed by atoms with Crippen LogP contribution in [0.1, 0.15) is 31.7 Å². The highest BCUT2D eigenvalue weighted by atomic mass is 16.4. The normalized spacial score (nSPS) is 14.1. The number of carbonyl (C=O) groups is 6. The number of primary amides is 2. The number of aliphatic carboxylic acids is 1. The van der Waals surface area contributed by atoms with E-state index in [0.717, 1.165) is 0 Å². The molecule has 0 aliphatic heterocycles. The Bertz CT molecular complexity index is 908. The molecule has 1 rings (SSSR count). The Morgan fingerprint density at radius 3 is 1.94 bits per heavy atom. The first kappa shape index (κ1) is 28.0. The second-order valence-electron chi connectivity index (χ2n) is 7.66. The number of carboxylic acids is 1. The lowest BCUT2D eigenvalue weighted by molar-refractivity contribution is -0.141. The molecule has 1 aromatic carbocycles. The number of rotatable bonds is 14. The van der Waals surface area contributed by atoms with Crippen LogP contribution in [0.5, 0.6) is 0 Å². The van der Waals surface area contributed by atoms with Gasteiger partial charge >= 0.3 is 5.97 Å². The molecule has 0 radical (unpaired) electrons. The summed E-state index contributed by atoms with van der Waals surface area (Å²) >= 11 is 0. The van der Waals surface area contributed by atoms with Gasteiger partial charge in [0.2, 0.25) is 29.5 Å². The van der Waals surface area contributed by atoms with Crippen molar-refractivity contribution in [1.29, 1.82) is 0 Å². The summed E-state index contributed by atoms with van der Waals surface area (Å²) in [7, 11) is 0. The summed E-state index contributed by atoms with van der Waals surface area (Å²) in [5.41, 5.74) is 16.4. The SMILES string of the molecule is CC(NC(=O)C(Cc1ccccc1)NC(=O)C(CCC(N)=O)NC(=O)C(N)CC(N)=O)C(=O)O. The van der Waals surface area contributed by atoms with Gasteiger partial charge in [-0.25, -0.2) is 0 Å². The summed E-state index contributed by atoms with van der Waals surface area (Å²) in [5.74, 6) is -5.30. The molecule has 0 saturated heterocycles. The fraction of sp³-hybridized carbons (Fsp3) is 0.429. The van der Waals surface area contributed by atoms with Crippen LogP contribution in [-0.4, -0.2) is 64.8 Å². The molecular weight excluding hydrogens is 448 g/mol. The van der Waals surface area contributed by atoms with E-state index in [0.29, 0.717) is 5.56 Å². The van der Waals surface area contributed by atoms with Crippen LogP contribution in [0.4, 0.5) is 0 Å². The molecule has 0 aliphatic rings. The average Bonchev–Trinajstić information content (AvgIpc) is 2.75. The topological polar surface area (TPSA) is 237 Å². The van der Waals surface area contributed by atoms with Crippen molar-refractivity contribution in [3.05, 3.63) is 35.9 Å². The van der Waals surface area contributed by atoms with Gasteiger partial charge < -0.3 is 38.3 Å². The van der Waals surface area contributed by atoms with E-state index >= 15 is 0 Å². The second-order valence-corrected chi connectivity index (χ2v) is 7.66. The van der Waals surface area contributed by atoms with Gasteiger partial charge in [-0.1, -0.05) is 30.3 Å². The van der Waals surface area contributed by atoms with E-state index < -0.39 is 66.1 Å². The fourth-order valence-electron chi connectivity index (χ4n) is 2.85. The highest BCUT2D eigenvalue weighted by Crippen LogP contribution is 2.06. The van der Waals surface area contributed by atoms with E-state index in [9.17, 15) is 28.8 Å². The van der Waals surface area contributed by atoms with E-state index in [2.05, 4.69) is 16.0 Å². The third kappa shape index (κ3) is 10.1. The Morgan fingerprint density at radius 1 is 0.853 bits per heavy atom. The van der Waals surface area contributed by atoms with Gasteiger partial charge in [0.15, 0.2) is 0 Å². The Hall–Kier alpha value is -4.00. The average molecular weight is 479 g/mol. The summed E-state index contributed by atoms with van der Waals surface area (Å²) in [4.78, 5) is 71.3. The van der Waals surface area contributed by atoms with E-state index in [4.69, 9.17) is 22.3 Å². The molecule has 0 spiro atoms. The smallest absolute Gasteiger partial charge is 0.325 e. The molecular formula is C21H30N6O7. The Balaban J connectivity index is 3.07. The number of amides is 5. The standard InChI is InChI=1S/C21H30N6O7/c1-11(21(33)34)25-20(32)15(9-12-5-3-2-4-6-12)27-19(31)14(7-8-16(23)28)26-18(30)13(22)10-17(24)29/h2-6,11,13-15H,7-10,22H2,1H3,(H2,23,28)(H2,24,29)(H,25,32)(H,26,30)(H,27,31)(H,33,34). The molecule has 0 aliphatic carbocycles. The summed E-state index contributed by atoms with van der Waals surface area (Å²) in [5, 5.41) is 16.2. The molecule has 0 fully saturated rings. The van der Waals surface area contributed by atoms with Crippen LogP contribution in [-0.2, 0) is 35.2 Å². The van der Waals surface area contributed by atoms with Crippen molar-refractivity contribution in [2.45, 2.75) is 56.8 Å². The van der Waals surface area contributed by atoms with Crippen LogP contribution in [0.2, 0.25) is 0 Å². The van der Waals surface area contributed by atoms with Crippen LogP contribution in [0.25, 0.3) is 0 Å². The molecule has 13 heteroatoms. The van der Waals surface area contributed by atoms with E-state index in [-0.39, 0.29) is 19.3 Å². The van der Waals surface area contributed by atoms with Gasteiger partial charge in [-0.2, -0.15) is 0 Å². The van der Waals surface area contributed by atoms with Gasteiger partial charge in [-0.15, -0.1) is 0 Å². The molecule has 10 N–H and O–H groups in total. The lowest BCUT2D eigenvalue weighted by atomic mass is 10.0.